The summed E-state index contributed by atoms with van der Waals surface area (Å²) in [6.45, 7) is 0. The minimum Gasteiger partial charge on any atom is -0.260 e. The van der Waals surface area contributed by atoms with Crippen LogP contribution in [0.2, 0.25) is 0 Å². The molecular weight excluding hydrogens is 232 g/mol. The molecule has 2 heteroatoms. The van der Waals surface area contributed by atoms with Gasteiger partial charge < -0.3 is 0 Å². The summed E-state index contributed by atoms with van der Waals surface area (Å²) < 4.78 is 0. The molecule has 1 aromatic heterocycles. The van der Waals surface area contributed by atoms with Gasteiger partial charge in [0.15, 0.2) is 0 Å². The Balaban J connectivity index is 1.94. The highest BCUT2D eigenvalue weighted by molar-refractivity contribution is 5.93. The van der Waals surface area contributed by atoms with Crippen LogP contribution in [0.3, 0.4) is 0 Å². The molecule has 0 N–H and O–H groups in total. The topological polar surface area (TPSA) is 25.2 Å². The fraction of sp³-hybridized carbons (Fsp3) is 0.412. The Morgan fingerprint density at radius 3 is 2.84 bits per heavy atom. The zero-order valence-electron chi connectivity index (χ0n) is 11.1. The lowest BCUT2D eigenvalue weighted by Crippen LogP contribution is -2.06. The molecule has 1 aromatic carbocycles. The zero-order chi connectivity index (χ0) is 12.7. The van der Waals surface area contributed by atoms with Crippen LogP contribution < -0.4 is 0 Å². The maximum Gasteiger partial charge on any atom is 0.0769 e. The second-order valence-electron chi connectivity index (χ2n) is 5.73. The molecule has 0 atom stereocenters. The van der Waals surface area contributed by atoms with Gasteiger partial charge in [-0.25, -0.2) is 0 Å². The number of para-hydroxylation sites is 1. The van der Waals surface area contributed by atoms with Gasteiger partial charge >= 0.3 is 0 Å². The fourth-order valence-electron chi connectivity index (χ4n) is 2.92. The third-order valence-corrected chi connectivity index (χ3v) is 4.18. The number of rotatable bonds is 2. The van der Waals surface area contributed by atoms with E-state index in [9.17, 15) is 0 Å². The Hall–Kier alpha value is -1.70. The largest absolute Gasteiger partial charge is 0.260 e. The van der Waals surface area contributed by atoms with Crippen molar-refractivity contribution in [3.63, 3.8) is 0 Å². The van der Waals surface area contributed by atoms with E-state index in [2.05, 4.69) is 30.5 Å². The fourth-order valence-corrected chi connectivity index (χ4v) is 2.92. The third kappa shape index (κ3) is 2.05. The molecule has 2 nitrogen and oxygen atoms in total. The van der Waals surface area contributed by atoms with E-state index in [1.165, 1.54) is 48.0 Å². The molecule has 1 fully saturated rings. The number of aliphatic imine (C=N–C) groups is 1. The van der Waals surface area contributed by atoms with Crippen LogP contribution >= 0.6 is 0 Å². The van der Waals surface area contributed by atoms with Crippen LogP contribution in [0.25, 0.3) is 10.9 Å². The minimum absolute atomic E-state index is 0.728. The first-order valence-corrected chi connectivity index (χ1v) is 7.36. The molecule has 2 aliphatic carbocycles. The summed E-state index contributed by atoms with van der Waals surface area (Å²) in [5, 5.41) is 1.22. The van der Waals surface area contributed by atoms with Gasteiger partial charge in [0.1, 0.15) is 0 Å². The second kappa shape index (κ2) is 4.44. The van der Waals surface area contributed by atoms with Crippen molar-refractivity contribution in [3.8, 4) is 0 Å². The average Bonchev–Trinajstić information content (AvgIpc) is 3.27. The molecule has 4 rings (SSSR count). The quantitative estimate of drug-likeness (QED) is 0.732. The lowest BCUT2D eigenvalue weighted by molar-refractivity contribution is 0.672. The predicted molar refractivity (Wildman–Crippen MR) is 79.3 cm³/mol. The van der Waals surface area contributed by atoms with Crippen LogP contribution in [-0.4, -0.2) is 11.2 Å². The van der Waals surface area contributed by atoms with Crippen LogP contribution in [0.4, 0.5) is 5.69 Å². The van der Waals surface area contributed by atoms with Gasteiger partial charge in [-0.05, 0) is 56.1 Å². The van der Waals surface area contributed by atoms with Crippen LogP contribution in [0, 0.1) is 5.92 Å². The van der Waals surface area contributed by atoms with Crippen LogP contribution in [-0.2, 0) is 12.8 Å². The summed E-state index contributed by atoms with van der Waals surface area (Å²) in [5.74, 6) is 0.728. The maximum absolute atomic E-state index is 4.85. The first-order valence-electron chi connectivity index (χ1n) is 7.36. The minimum atomic E-state index is 0.728. The molecule has 0 aliphatic heterocycles. The number of aryl methyl sites for hydroxylation is 1. The molecule has 19 heavy (non-hydrogen) atoms. The van der Waals surface area contributed by atoms with Gasteiger partial charge in [0.05, 0.1) is 11.2 Å². The molecule has 1 saturated carbocycles. The molecule has 0 unspecified atom stereocenters. The Kier molecular flexibility index (Phi) is 2.61. The molecule has 0 spiro atoms. The number of hydrogen-bond donors (Lipinski definition) is 0. The SMILES string of the molecule is C(=Nc1c2c(nc3ccccc13)CCCC2)C1CC1. The first kappa shape index (κ1) is 11.2. The van der Waals surface area contributed by atoms with Gasteiger partial charge in [0.25, 0.3) is 0 Å². The van der Waals surface area contributed by atoms with Crippen molar-refractivity contribution >= 4 is 22.8 Å². The van der Waals surface area contributed by atoms with Gasteiger partial charge in [-0.2, -0.15) is 0 Å². The normalized spacial score (nSPS) is 18.9. The summed E-state index contributed by atoms with van der Waals surface area (Å²) >= 11 is 0. The lowest BCUT2D eigenvalue weighted by Gasteiger charge is -2.18. The molecule has 2 aliphatic rings. The Morgan fingerprint density at radius 1 is 1.11 bits per heavy atom. The molecule has 0 amide bonds. The third-order valence-electron chi connectivity index (χ3n) is 4.18. The van der Waals surface area contributed by atoms with Gasteiger partial charge in [-0.1, -0.05) is 18.2 Å². The van der Waals surface area contributed by atoms with Crippen molar-refractivity contribution in [2.45, 2.75) is 38.5 Å². The van der Waals surface area contributed by atoms with E-state index in [0.29, 0.717) is 0 Å². The molecule has 1 heterocycles. The van der Waals surface area contributed by atoms with Crippen molar-refractivity contribution in [1.29, 1.82) is 0 Å². The monoisotopic (exact) mass is 250 g/mol. The predicted octanol–water partition coefficient (Wildman–Crippen LogP) is 4.23. The van der Waals surface area contributed by atoms with E-state index in [1.807, 2.05) is 0 Å². The number of aromatic nitrogens is 1. The molecule has 0 bridgehead atoms. The van der Waals surface area contributed by atoms with E-state index < -0.39 is 0 Å². The first-order chi connectivity index (χ1) is 9.42. The Morgan fingerprint density at radius 2 is 1.95 bits per heavy atom. The number of fused-ring (bicyclic) bond motifs is 2. The molecule has 96 valence electrons. The number of pyridine rings is 1. The summed E-state index contributed by atoms with van der Waals surface area (Å²) in [4.78, 5) is 9.69. The summed E-state index contributed by atoms with van der Waals surface area (Å²) in [7, 11) is 0. The zero-order valence-corrected chi connectivity index (χ0v) is 11.1. The van der Waals surface area contributed by atoms with Crippen LogP contribution in [0.1, 0.15) is 36.9 Å². The highest BCUT2D eigenvalue weighted by atomic mass is 14.8. The maximum atomic E-state index is 4.85. The van der Waals surface area contributed by atoms with E-state index in [1.54, 1.807) is 0 Å². The van der Waals surface area contributed by atoms with Crippen molar-refractivity contribution in [1.82, 2.24) is 4.98 Å². The van der Waals surface area contributed by atoms with Crippen molar-refractivity contribution in [3.05, 3.63) is 35.5 Å². The summed E-state index contributed by atoms with van der Waals surface area (Å²) in [5.41, 5.74) is 4.99. The molecule has 2 aromatic rings. The van der Waals surface area contributed by atoms with Crippen LogP contribution in [0.15, 0.2) is 29.3 Å². The standard InChI is InChI=1S/C17H18N2/c1-3-7-15-13(5-1)17(18-11-12-9-10-12)14-6-2-4-8-16(14)19-15/h1,3,5,7,11-12H,2,4,6,8-10H2. The van der Waals surface area contributed by atoms with E-state index in [4.69, 9.17) is 9.98 Å². The average molecular weight is 250 g/mol. The molecule has 0 radical (unpaired) electrons. The van der Waals surface area contributed by atoms with Crippen LogP contribution in [0.5, 0.6) is 0 Å². The summed E-state index contributed by atoms with van der Waals surface area (Å²) in [6, 6.07) is 8.44. The Bertz CT molecular complexity index is 654. The lowest BCUT2D eigenvalue weighted by atomic mass is 9.93. The van der Waals surface area contributed by atoms with Crippen molar-refractivity contribution in [2.24, 2.45) is 10.9 Å². The van der Waals surface area contributed by atoms with E-state index in [0.717, 1.165) is 24.3 Å². The molecular formula is C17H18N2. The van der Waals surface area contributed by atoms with Gasteiger partial charge in [-0.3, -0.25) is 9.98 Å². The highest BCUT2D eigenvalue weighted by Gasteiger charge is 2.20. The van der Waals surface area contributed by atoms with Gasteiger partial charge in [-0.15, -0.1) is 0 Å². The number of hydrogen-bond acceptors (Lipinski definition) is 2. The van der Waals surface area contributed by atoms with Gasteiger partial charge in [0, 0.05) is 17.3 Å². The summed E-state index contributed by atoms with van der Waals surface area (Å²) in [6.07, 6.45) is 9.60. The van der Waals surface area contributed by atoms with E-state index in [-0.39, 0.29) is 0 Å². The Labute approximate surface area is 113 Å². The highest BCUT2D eigenvalue weighted by Crippen LogP contribution is 2.36. The van der Waals surface area contributed by atoms with E-state index >= 15 is 0 Å². The van der Waals surface area contributed by atoms with Gasteiger partial charge in [0.2, 0.25) is 0 Å². The number of benzene rings is 1. The smallest absolute Gasteiger partial charge is 0.0769 e. The number of nitrogens with zero attached hydrogens (tertiary/aromatic N) is 2. The molecule has 0 saturated heterocycles. The van der Waals surface area contributed by atoms with Crippen molar-refractivity contribution in [2.75, 3.05) is 0 Å². The second-order valence-corrected chi connectivity index (χ2v) is 5.73. The van der Waals surface area contributed by atoms with Crippen molar-refractivity contribution < 1.29 is 0 Å².